The summed E-state index contributed by atoms with van der Waals surface area (Å²) in [5, 5.41) is 10.9. The zero-order valence-electron chi connectivity index (χ0n) is 12.8. The van der Waals surface area contributed by atoms with Crippen LogP contribution in [-0.4, -0.2) is 34.0 Å². The second-order valence-corrected chi connectivity index (χ2v) is 5.91. The molecule has 1 aromatic heterocycles. The van der Waals surface area contributed by atoms with Crippen molar-refractivity contribution in [3.63, 3.8) is 0 Å². The van der Waals surface area contributed by atoms with Gasteiger partial charge in [0.2, 0.25) is 0 Å². The summed E-state index contributed by atoms with van der Waals surface area (Å²) in [5.74, 6) is 0.668. The molecule has 2 rings (SSSR count). The Morgan fingerprint density at radius 1 is 1.33 bits per heavy atom. The van der Waals surface area contributed by atoms with E-state index in [1.54, 1.807) is 10.9 Å². The molecule has 0 atom stereocenters. The number of aromatic nitrogens is 3. The van der Waals surface area contributed by atoms with Crippen LogP contribution in [0.5, 0.6) is 0 Å². The fourth-order valence-electron chi connectivity index (χ4n) is 2.89. The zero-order chi connectivity index (χ0) is 14.9. The molecule has 6 nitrogen and oxygen atoms in total. The third kappa shape index (κ3) is 5.46. The lowest BCUT2D eigenvalue weighted by Crippen LogP contribution is -2.26. The molecule has 0 saturated heterocycles. The smallest absolute Gasteiger partial charge is 0.273 e. The molecule has 1 amide bonds. The molecule has 1 fully saturated rings. The molecule has 0 unspecified atom stereocenters. The Bertz CT molecular complexity index is 425. The molecule has 118 valence electrons. The summed E-state index contributed by atoms with van der Waals surface area (Å²) in [7, 11) is 0. The second-order valence-electron chi connectivity index (χ2n) is 5.91. The predicted molar refractivity (Wildman–Crippen MR) is 81.8 cm³/mol. The van der Waals surface area contributed by atoms with E-state index in [1.165, 1.54) is 32.1 Å². The second kappa shape index (κ2) is 8.77. The number of hydrogen-bond acceptors (Lipinski definition) is 4. The first-order valence-corrected chi connectivity index (χ1v) is 8.18. The van der Waals surface area contributed by atoms with E-state index in [2.05, 4.69) is 15.6 Å². The minimum Gasteiger partial charge on any atom is -0.351 e. The Labute approximate surface area is 126 Å². The van der Waals surface area contributed by atoms with Crippen LogP contribution in [0.15, 0.2) is 6.20 Å². The van der Waals surface area contributed by atoms with E-state index in [1.807, 2.05) is 0 Å². The van der Waals surface area contributed by atoms with Crippen LogP contribution in [0.3, 0.4) is 0 Å². The van der Waals surface area contributed by atoms with Crippen molar-refractivity contribution in [1.29, 1.82) is 0 Å². The molecular weight excluding hydrogens is 266 g/mol. The summed E-state index contributed by atoms with van der Waals surface area (Å²) >= 11 is 0. The van der Waals surface area contributed by atoms with E-state index in [0.717, 1.165) is 38.3 Å². The first-order chi connectivity index (χ1) is 10.3. The first-order valence-electron chi connectivity index (χ1n) is 8.18. The van der Waals surface area contributed by atoms with Gasteiger partial charge in [0.05, 0.1) is 6.20 Å². The highest BCUT2D eigenvalue weighted by molar-refractivity contribution is 5.91. The average Bonchev–Trinajstić information content (AvgIpc) is 2.97. The average molecular weight is 293 g/mol. The lowest BCUT2D eigenvalue weighted by Gasteiger charge is -2.21. The van der Waals surface area contributed by atoms with E-state index in [0.29, 0.717) is 12.2 Å². The van der Waals surface area contributed by atoms with Gasteiger partial charge in [-0.3, -0.25) is 9.48 Å². The molecule has 1 aliphatic rings. The third-order valence-electron chi connectivity index (χ3n) is 4.18. The first kappa shape index (κ1) is 15.9. The number of hydrogen-bond donors (Lipinski definition) is 2. The third-order valence-corrected chi connectivity index (χ3v) is 4.18. The molecule has 1 aliphatic carbocycles. The molecule has 1 saturated carbocycles. The largest absolute Gasteiger partial charge is 0.351 e. The quantitative estimate of drug-likeness (QED) is 0.715. The van der Waals surface area contributed by atoms with Gasteiger partial charge in [-0.1, -0.05) is 37.3 Å². The van der Waals surface area contributed by atoms with Crippen molar-refractivity contribution in [3.8, 4) is 0 Å². The summed E-state index contributed by atoms with van der Waals surface area (Å²) in [6, 6.07) is 0. The maximum atomic E-state index is 12.0. The van der Waals surface area contributed by atoms with Crippen molar-refractivity contribution in [2.24, 2.45) is 11.7 Å². The van der Waals surface area contributed by atoms with E-state index in [9.17, 15) is 4.79 Å². The minimum absolute atomic E-state index is 0.115. The van der Waals surface area contributed by atoms with Crippen LogP contribution >= 0.6 is 0 Å². The minimum atomic E-state index is -0.115. The molecule has 0 aliphatic heterocycles. The highest BCUT2D eigenvalue weighted by atomic mass is 16.2. The number of rotatable bonds is 8. The van der Waals surface area contributed by atoms with Crippen LogP contribution in [0.25, 0.3) is 0 Å². The van der Waals surface area contributed by atoms with Gasteiger partial charge in [0.1, 0.15) is 0 Å². The molecular formula is C15H27N5O. The van der Waals surface area contributed by atoms with Crippen molar-refractivity contribution in [2.75, 3.05) is 13.1 Å². The normalized spacial score (nSPS) is 16.0. The fraction of sp³-hybridized carbons (Fsp3) is 0.800. The van der Waals surface area contributed by atoms with Gasteiger partial charge in [-0.25, -0.2) is 0 Å². The number of carbonyl (C=O) groups is 1. The molecule has 0 aromatic carbocycles. The lowest BCUT2D eigenvalue weighted by molar-refractivity contribution is 0.0945. The van der Waals surface area contributed by atoms with Crippen molar-refractivity contribution >= 4 is 5.91 Å². The zero-order valence-corrected chi connectivity index (χ0v) is 12.8. The van der Waals surface area contributed by atoms with Crippen molar-refractivity contribution in [1.82, 2.24) is 20.3 Å². The van der Waals surface area contributed by atoms with E-state index < -0.39 is 0 Å². The van der Waals surface area contributed by atoms with Crippen LogP contribution < -0.4 is 11.1 Å². The van der Waals surface area contributed by atoms with Crippen LogP contribution in [0.2, 0.25) is 0 Å². The van der Waals surface area contributed by atoms with E-state index in [-0.39, 0.29) is 5.91 Å². The Morgan fingerprint density at radius 2 is 2.14 bits per heavy atom. The van der Waals surface area contributed by atoms with Crippen LogP contribution in [0, 0.1) is 5.92 Å². The fourth-order valence-corrected chi connectivity index (χ4v) is 2.89. The molecule has 0 radical (unpaired) electrons. The molecule has 0 bridgehead atoms. The molecule has 1 aromatic rings. The van der Waals surface area contributed by atoms with E-state index >= 15 is 0 Å². The van der Waals surface area contributed by atoms with Crippen molar-refractivity contribution in [3.05, 3.63) is 11.9 Å². The van der Waals surface area contributed by atoms with Gasteiger partial charge in [0, 0.05) is 13.1 Å². The number of amides is 1. The topological polar surface area (TPSA) is 85.8 Å². The summed E-state index contributed by atoms with van der Waals surface area (Å²) < 4.78 is 1.71. The molecule has 21 heavy (non-hydrogen) atoms. The van der Waals surface area contributed by atoms with Gasteiger partial charge in [0.25, 0.3) is 5.91 Å². The Kier molecular flexibility index (Phi) is 6.66. The number of nitrogens with zero attached hydrogens (tertiary/aromatic N) is 3. The van der Waals surface area contributed by atoms with Crippen molar-refractivity contribution in [2.45, 2.75) is 57.9 Å². The Hall–Kier alpha value is -1.43. The van der Waals surface area contributed by atoms with Gasteiger partial charge < -0.3 is 11.1 Å². The molecule has 6 heteroatoms. The number of nitrogens with two attached hydrogens (primary N) is 1. The monoisotopic (exact) mass is 293 g/mol. The van der Waals surface area contributed by atoms with Gasteiger partial charge in [-0.15, -0.1) is 5.10 Å². The standard InChI is InChI=1S/C15H27N5O/c16-9-4-5-11-20-12-14(18-19-20)15(21)17-10-8-13-6-2-1-3-7-13/h12-13H,1-11,16H2,(H,17,21). The van der Waals surface area contributed by atoms with Gasteiger partial charge >= 0.3 is 0 Å². The Balaban J connectivity index is 1.67. The van der Waals surface area contributed by atoms with Gasteiger partial charge in [-0.05, 0) is 31.7 Å². The number of nitrogens with one attached hydrogen (secondary N) is 1. The van der Waals surface area contributed by atoms with Gasteiger partial charge in [-0.2, -0.15) is 0 Å². The molecule has 1 heterocycles. The summed E-state index contributed by atoms with van der Waals surface area (Å²) in [6.07, 6.45) is 11.4. The maximum absolute atomic E-state index is 12.0. The summed E-state index contributed by atoms with van der Waals surface area (Å²) in [4.78, 5) is 12.0. The summed E-state index contributed by atoms with van der Waals surface area (Å²) in [6.45, 7) is 2.19. The highest BCUT2D eigenvalue weighted by Crippen LogP contribution is 2.25. The molecule has 0 spiro atoms. The van der Waals surface area contributed by atoms with Gasteiger partial charge in [0.15, 0.2) is 5.69 Å². The molecule has 3 N–H and O–H groups in total. The number of carbonyl (C=O) groups excluding carboxylic acids is 1. The van der Waals surface area contributed by atoms with Crippen LogP contribution in [-0.2, 0) is 6.54 Å². The van der Waals surface area contributed by atoms with Crippen molar-refractivity contribution < 1.29 is 4.79 Å². The van der Waals surface area contributed by atoms with Crippen LogP contribution in [0.4, 0.5) is 0 Å². The number of aryl methyl sites for hydroxylation is 1. The summed E-state index contributed by atoms with van der Waals surface area (Å²) in [5.41, 5.74) is 5.86. The highest BCUT2D eigenvalue weighted by Gasteiger charge is 2.14. The van der Waals surface area contributed by atoms with E-state index in [4.69, 9.17) is 5.73 Å². The lowest BCUT2D eigenvalue weighted by atomic mass is 9.87. The number of unbranched alkanes of at least 4 members (excludes halogenated alkanes) is 1. The van der Waals surface area contributed by atoms with Crippen LogP contribution in [0.1, 0.15) is 61.9 Å². The predicted octanol–water partition coefficient (Wildman–Crippen LogP) is 1.72. The SMILES string of the molecule is NCCCCn1cc(C(=O)NCCC2CCCCC2)nn1. The Morgan fingerprint density at radius 3 is 2.90 bits per heavy atom. The maximum Gasteiger partial charge on any atom is 0.273 e.